The predicted molar refractivity (Wildman–Crippen MR) is 96.3 cm³/mol. The van der Waals surface area contributed by atoms with Gasteiger partial charge in [-0.1, -0.05) is 68.4 Å². The van der Waals surface area contributed by atoms with E-state index in [1.807, 2.05) is 18.2 Å². The van der Waals surface area contributed by atoms with E-state index in [9.17, 15) is 9.90 Å². The Morgan fingerprint density at radius 2 is 1.79 bits per heavy atom. The van der Waals surface area contributed by atoms with Crippen LogP contribution < -0.4 is 5.11 Å². The number of allylic oxidation sites excluding steroid dienone is 6. The van der Waals surface area contributed by atoms with Crippen LogP contribution in [-0.4, -0.2) is 17.3 Å². The highest BCUT2D eigenvalue weighted by atomic mass is 17.1. The molecule has 0 aromatic heterocycles. The third kappa shape index (κ3) is 16.7. The summed E-state index contributed by atoms with van der Waals surface area (Å²) in [5.74, 6) is -1.02. The fraction of sp³-hybridized carbons (Fsp3) is 0.550. The van der Waals surface area contributed by atoms with E-state index in [0.29, 0.717) is 19.3 Å². The Labute approximate surface area is 146 Å². The maximum Gasteiger partial charge on any atom is 0.115 e. The summed E-state index contributed by atoms with van der Waals surface area (Å²) in [6, 6.07) is 0. The zero-order valence-corrected chi connectivity index (χ0v) is 14.7. The van der Waals surface area contributed by atoms with E-state index in [1.54, 1.807) is 12.2 Å². The number of carbonyl (C=O) groups is 1. The molecule has 0 amide bonds. The highest BCUT2D eigenvalue weighted by Gasteiger charge is 1.99. The molecule has 0 aliphatic rings. The van der Waals surface area contributed by atoms with Crippen LogP contribution in [-0.2, 0) is 9.68 Å². The summed E-state index contributed by atoms with van der Waals surface area (Å²) >= 11 is 0. The molecule has 4 heteroatoms. The first-order valence-electron chi connectivity index (χ1n) is 8.84. The van der Waals surface area contributed by atoms with E-state index in [-0.39, 0.29) is 12.5 Å². The molecular weight excluding hydrogens is 304 g/mol. The van der Waals surface area contributed by atoms with Crippen molar-refractivity contribution in [2.45, 2.75) is 70.8 Å². The largest absolute Gasteiger partial charge is 0.550 e. The second-order valence-corrected chi connectivity index (χ2v) is 5.63. The molecule has 0 aromatic carbocycles. The number of carboxylic acids is 1. The van der Waals surface area contributed by atoms with Crippen LogP contribution in [0.15, 0.2) is 48.6 Å². The Morgan fingerprint density at radius 3 is 2.50 bits per heavy atom. The lowest BCUT2D eigenvalue weighted by Gasteiger charge is -2.04. The summed E-state index contributed by atoms with van der Waals surface area (Å²) < 4.78 is 0. The first kappa shape index (κ1) is 22.4. The lowest BCUT2D eigenvalue weighted by atomic mass is 10.2. The van der Waals surface area contributed by atoms with Gasteiger partial charge in [0.2, 0.25) is 0 Å². The molecule has 0 unspecified atom stereocenters. The highest BCUT2D eigenvalue weighted by molar-refractivity contribution is 5.64. The molecule has 0 radical (unpaired) electrons. The minimum Gasteiger partial charge on any atom is -0.550 e. The van der Waals surface area contributed by atoms with Crippen molar-refractivity contribution in [3.63, 3.8) is 0 Å². The van der Waals surface area contributed by atoms with Crippen molar-refractivity contribution < 1.29 is 20.0 Å². The van der Waals surface area contributed by atoms with Gasteiger partial charge in [0.25, 0.3) is 0 Å². The van der Waals surface area contributed by atoms with Crippen LogP contribution in [0.1, 0.15) is 64.7 Å². The Kier molecular flexibility index (Phi) is 16.5. The lowest BCUT2D eigenvalue weighted by Crippen LogP contribution is -2.21. The average Bonchev–Trinajstić information content (AvgIpc) is 2.57. The summed E-state index contributed by atoms with van der Waals surface area (Å²) in [4.78, 5) is 14.6. The number of rotatable bonds is 15. The molecule has 0 bridgehead atoms. The molecule has 0 heterocycles. The molecule has 136 valence electrons. The molecule has 0 fully saturated rings. The number of carboxylic acid groups (broad SMARTS) is 1. The maximum absolute atomic E-state index is 10.2. The minimum absolute atomic E-state index is 0.0777. The normalized spacial score (nSPS) is 13.8. The van der Waals surface area contributed by atoms with Crippen molar-refractivity contribution >= 4 is 5.97 Å². The molecule has 0 aliphatic heterocycles. The summed E-state index contributed by atoms with van der Waals surface area (Å²) in [6.07, 6.45) is 23.1. The smallest absolute Gasteiger partial charge is 0.115 e. The molecule has 0 saturated carbocycles. The number of aliphatic carboxylic acids is 1. The zero-order valence-electron chi connectivity index (χ0n) is 14.7. The van der Waals surface area contributed by atoms with Crippen molar-refractivity contribution in [1.82, 2.24) is 0 Å². The van der Waals surface area contributed by atoms with Crippen LogP contribution >= 0.6 is 0 Å². The van der Waals surface area contributed by atoms with E-state index in [0.717, 1.165) is 12.8 Å². The minimum atomic E-state index is -1.02. The van der Waals surface area contributed by atoms with Gasteiger partial charge < -0.3 is 9.90 Å². The molecular formula is C20H31O4-. The lowest BCUT2D eigenvalue weighted by molar-refractivity contribution is -0.305. The Balaban J connectivity index is 3.81. The predicted octanol–water partition coefficient (Wildman–Crippen LogP) is 4.35. The molecule has 0 aromatic rings. The van der Waals surface area contributed by atoms with Crippen molar-refractivity contribution in [3.8, 4) is 0 Å². The first-order valence-corrected chi connectivity index (χ1v) is 8.84. The summed E-state index contributed by atoms with van der Waals surface area (Å²) in [5, 5.41) is 19.1. The van der Waals surface area contributed by atoms with Gasteiger partial charge in [0.15, 0.2) is 0 Å². The van der Waals surface area contributed by atoms with Gasteiger partial charge in [-0.25, -0.2) is 4.89 Å². The van der Waals surface area contributed by atoms with Crippen LogP contribution in [0, 0.1) is 0 Å². The molecule has 0 aliphatic carbocycles. The average molecular weight is 335 g/mol. The van der Waals surface area contributed by atoms with Gasteiger partial charge >= 0.3 is 0 Å². The second kappa shape index (κ2) is 17.7. The summed E-state index contributed by atoms with van der Waals surface area (Å²) in [5.41, 5.74) is 0. The van der Waals surface area contributed by atoms with E-state index >= 15 is 0 Å². The number of hydrogen-bond donors (Lipinski definition) is 1. The molecule has 24 heavy (non-hydrogen) atoms. The molecule has 0 saturated heterocycles. The van der Waals surface area contributed by atoms with Crippen LogP contribution in [0.5, 0.6) is 0 Å². The maximum atomic E-state index is 10.2. The SMILES string of the molecule is CCCCC/C=C\C/C=C\C[C@@H](/C=C/C=C\CCCC(=O)[O-])OO. The highest BCUT2D eigenvalue weighted by Crippen LogP contribution is 2.04. The number of unbranched alkanes of at least 4 members (excludes halogenated alkanes) is 4. The van der Waals surface area contributed by atoms with Crippen molar-refractivity contribution in [2.75, 3.05) is 0 Å². The van der Waals surface area contributed by atoms with Crippen LogP contribution in [0.25, 0.3) is 0 Å². The topological polar surface area (TPSA) is 69.6 Å². The molecule has 0 spiro atoms. The van der Waals surface area contributed by atoms with Gasteiger partial charge in [-0.2, -0.15) is 0 Å². The monoisotopic (exact) mass is 335 g/mol. The molecule has 1 N–H and O–H groups in total. The number of hydrogen-bond acceptors (Lipinski definition) is 4. The van der Waals surface area contributed by atoms with E-state index in [1.165, 1.54) is 19.3 Å². The first-order chi connectivity index (χ1) is 11.7. The molecule has 0 rings (SSSR count). The van der Waals surface area contributed by atoms with E-state index in [4.69, 9.17) is 5.26 Å². The fourth-order valence-corrected chi connectivity index (χ4v) is 2.02. The van der Waals surface area contributed by atoms with Crippen LogP contribution in [0.2, 0.25) is 0 Å². The van der Waals surface area contributed by atoms with E-state index in [2.05, 4.69) is 30.0 Å². The van der Waals surface area contributed by atoms with Gasteiger partial charge in [0, 0.05) is 5.97 Å². The number of carbonyl (C=O) groups excluding carboxylic acids is 1. The summed E-state index contributed by atoms with van der Waals surface area (Å²) in [6.45, 7) is 2.20. The molecule has 1 atom stereocenters. The second-order valence-electron chi connectivity index (χ2n) is 5.63. The quantitative estimate of drug-likeness (QED) is 0.159. The van der Waals surface area contributed by atoms with Gasteiger partial charge in [-0.15, -0.1) is 0 Å². The van der Waals surface area contributed by atoms with E-state index < -0.39 is 5.97 Å². The van der Waals surface area contributed by atoms with Gasteiger partial charge in [0.1, 0.15) is 6.10 Å². The van der Waals surface area contributed by atoms with Crippen LogP contribution in [0.3, 0.4) is 0 Å². The Morgan fingerprint density at radius 1 is 1.04 bits per heavy atom. The molecule has 4 nitrogen and oxygen atoms in total. The van der Waals surface area contributed by atoms with Crippen LogP contribution in [0.4, 0.5) is 0 Å². The summed E-state index contributed by atoms with van der Waals surface area (Å²) in [7, 11) is 0. The third-order valence-electron chi connectivity index (χ3n) is 3.41. The van der Waals surface area contributed by atoms with Gasteiger partial charge in [-0.05, 0) is 44.9 Å². The third-order valence-corrected chi connectivity index (χ3v) is 3.41. The van der Waals surface area contributed by atoms with Crippen molar-refractivity contribution in [3.05, 3.63) is 48.6 Å². The van der Waals surface area contributed by atoms with Crippen molar-refractivity contribution in [1.29, 1.82) is 0 Å². The fourth-order valence-electron chi connectivity index (χ4n) is 2.02. The Hall–Kier alpha value is -1.65. The van der Waals surface area contributed by atoms with Crippen molar-refractivity contribution in [2.24, 2.45) is 0 Å². The van der Waals surface area contributed by atoms with Gasteiger partial charge in [-0.3, -0.25) is 5.26 Å². The standard InChI is InChI=1S/C20H32O4/c1-2-3-4-5-6-7-8-10-13-16-19(24-23)17-14-11-9-12-15-18-20(21)22/h6-7,9-11,13-14,17,19,23H,2-5,8,12,15-16,18H2,1H3,(H,21,22)/p-1/b7-6-,11-9-,13-10-,17-14+/t19-/m0/s1. The zero-order chi connectivity index (χ0) is 17.9. The Bertz CT molecular complexity index is 408. The van der Waals surface area contributed by atoms with Gasteiger partial charge in [0.05, 0.1) is 0 Å².